The summed E-state index contributed by atoms with van der Waals surface area (Å²) in [6, 6.07) is 2.73. The van der Waals surface area contributed by atoms with E-state index in [1.54, 1.807) is 0 Å². The standard InChI is InChI=1S/C13H24N2O/c1-13(2,11-14)7-3-4-8-15-9-5-6-12(15)10-16/h12,16H,3-10H2,1-2H3/t12-/m1/s1. The highest BCUT2D eigenvalue weighted by molar-refractivity contribution is 4.91. The third-order valence-corrected chi connectivity index (χ3v) is 3.51. The van der Waals surface area contributed by atoms with Gasteiger partial charge in [-0.3, -0.25) is 4.90 Å². The molecule has 92 valence electrons. The Morgan fingerprint density at radius 2 is 2.19 bits per heavy atom. The predicted octanol–water partition coefficient (Wildman–Crippen LogP) is 2.16. The summed E-state index contributed by atoms with van der Waals surface area (Å²) in [7, 11) is 0. The molecule has 1 aliphatic heterocycles. The molecule has 1 N–H and O–H groups in total. The fourth-order valence-electron chi connectivity index (χ4n) is 2.33. The molecule has 0 aromatic rings. The minimum atomic E-state index is -0.179. The van der Waals surface area contributed by atoms with E-state index in [-0.39, 0.29) is 5.41 Å². The van der Waals surface area contributed by atoms with Crippen LogP contribution in [0.25, 0.3) is 0 Å². The molecule has 0 unspecified atom stereocenters. The number of aliphatic hydroxyl groups is 1. The molecule has 0 amide bonds. The molecule has 3 heteroatoms. The largest absolute Gasteiger partial charge is 0.395 e. The van der Waals surface area contributed by atoms with Gasteiger partial charge in [0.2, 0.25) is 0 Å². The zero-order valence-electron chi connectivity index (χ0n) is 10.6. The Morgan fingerprint density at radius 1 is 1.44 bits per heavy atom. The molecule has 3 nitrogen and oxygen atoms in total. The molecule has 0 radical (unpaired) electrons. The molecule has 1 fully saturated rings. The fourth-order valence-corrected chi connectivity index (χ4v) is 2.33. The summed E-state index contributed by atoms with van der Waals surface area (Å²) in [5.41, 5.74) is -0.179. The van der Waals surface area contributed by atoms with Crippen LogP contribution in [0.15, 0.2) is 0 Å². The Balaban J connectivity index is 2.14. The van der Waals surface area contributed by atoms with Crippen LogP contribution in [0, 0.1) is 16.7 Å². The molecule has 1 rings (SSSR count). The van der Waals surface area contributed by atoms with Gasteiger partial charge in [0.15, 0.2) is 0 Å². The number of nitrogens with zero attached hydrogens (tertiary/aromatic N) is 2. The quantitative estimate of drug-likeness (QED) is 0.703. The summed E-state index contributed by atoms with van der Waals surface area (Å²) in [6.07, 6.45) is 5.58. The van der Waals surface area contributed by atoms with Crippen molar-refractivity contribution in [3.8, 4) is 6.07 Å². The Bertz CT molecular complexity index is 245. The lowest BCUT2D eigenvalue weighted by molar-refractivity contribution is 0.156. The first-order valence-electron chi connectivity index (χ1n) is 6.35. The molecular formula is C13H24N2O. The zero-order chi connectivity index (χ0) is 12.0. The van der Waals surface area contributed by atoms with Crippen molar-refractivity contribution in [2.45, 2.75) is 52.0 Å². The topological polar surface area (TPSA) is 47.3 Å². The first-order valence-corrected chi connectivity index (χ1v) is 6.35. The van der Waals surface area contributed by atoms with Gasteiger partial charge in [0.1, 0.15) is 0 Å². The maximum absolute atomic E-state index is 9.18. The van der Waals surface area contributed by atoms with Crippen LogP contribution in [0.2, 0.25) is 0 Å². The van der Waals surface area contributed by atoms with E-state index in [0.29, 0.717) is 12.6 Å². The van der Waals surface area contributed by atoms with Crippen LogP contribution in [-0.4, -0.2) is 35.7 Å². The predicted molar refractivity (Wildman–Crippen MR) is 64.9 cm³/mol. The van der Waals surface area contributed by atoms with E-state index in [1.165, 1.54) is 6.42 Å². The van der Waals surface area contributed by atoms with Crippen LogP contribution < -0.4 is 0 Å². The monoisotopic (exact) mass is 224 g/mol. The molecular weight excluding hydrogens is 200 g/mol. The van der Waals surface area contributed by atoms with Gasteiger partial charge in [0, 0.05) is 6.04 Å². The summed E-state index contributed by atoms with van der Waals surface area (Å²) < 4.78 is 0. The first-order chi connectivity index (χ1) is 7.59. The lowest BCUT2D eigenvalue weighted by Crippen LogP contribution is -2.33. The summed E-state index contributed by atoms with van der Waals surface area (Å²) >= 11 is 0. The number of likely N-dealkylation sites (tertiary alicyclic amines) is 1. The Morgan fingerprint density at radius 3 is 2.81 bits per heavy atom. The van der Waals surface area contributed by atoms with Crippen molar-refractivity contribution in [2.75, 3.05) is 19.7 Å². The molecule has 1 atom stereocenters. The van der Waals surface area contributed by atoms with Gasteiger partial charge >= 0.3 is 0 Å². The first kappa shape index (κ1) is 13.5. The molecule has 1 aliphatic rings. The fraction of sp³-hybridized carbons (Fsp3) is 0.923. The zero-order valence-corrected chi connectivity index (χ0v) is 10.6. The van der Waals surface area contributed by atoms with E-state index in [4.69, 9.17) is 5.26 Å². The van der Waals surface area contributed by atoms with E-state index < -0.39 is 0 Å². The van der Waals surface area contributed by atoms with E-state index in [2.05, 4.69) is 11.0 Å². The second-order valence-electron chi connectivity index (χ2n) is 5.47. The molecule has 0 bridgehead atoms. The van der Waals surface area contributed by atoms with Gasteiger partial charge < -0.3 is 5.11 Å². The third kappa shape index (κ3) is 4.11. The average molecular weight is 224 g/mol. The minimum absolute atomic E-state index is 0.179. The van der Waals surface area contributed by atoms with Gasteiger partial charge in [-0.25, -0.2) is 0 Å². The SMILES string of the molecule is CC(C)(C#N)CCCCN1CCC[C@@H]1CO. The number of rotatable bonds is 6. The Hall–Kier alpha value is -0.590. The van der Waals surface area contributed by atoms with Crippen molar-refractivity contribution in [3.63, 3.8) is 0 Å². The molecule has 16 heavy (non-hydrogen) atoms. The second-order valence-corrected chi connectivity index (χ2v) is 5.47. The van der Waals surface area contributed by atoms with Crippen LogP contribution in [-0.2, 0) is 0 Å². The molecule has 1 saturated heterocycles. The highest BCUT2D eigenvalue weighted by Crippen LogP contribution is 2.23. The number of aliphatic hydroxyl groups excluding tert-OH is 1. The molecule has 0 aromatic carbocycles. The molecule has 0 aliphatic carbocycles. The normalized spacial score (nSPS) is 22.2. The van der Waals surface area contributed by atoms with Crippen LogP contribution in [0.1, 0.15) is 46.0 Å². The Labute approximate surface area is 99.1 Å². The smallest absolute Gasteiger partial charge is 0.0683 e. The highest BCUT2D eigenvalue weighted by Gasteiger charge is 2.23. The summed E-state index contributed by atoms with van der Waals surface area (Å²) in [5.74, 6) is 0. The summed E-state index contributed by atoms with van der Waals surface area (Å²) in [6.45, 7) is 6.50. The van der Waals surface area contributed by atoms with E-state index in [0.717, 1.165) is 38.8 Å². The average Bonchev–Trinajstić information content (AvgIpc) is 2.72. The van der Waals surface area contributed by atoms with Crippen LogP contribution in [0.5, 0.6) is 0 Å². The lowest BCUT2D eigenvalue weighted by Gasteiger charge is -2.23. The summed E-state index contributed by atoms with van der Waals surface area (Å²) in [5, 5.41) is 18.1. The lowest BCUT2D eigenvalue weighted by atomic mass is 9.89. The third-order valence-electron chi connectivity index (χ3n) is 3.51. The van der Waals surface area contributed by atoms with Crippen LogP contribution >= 0.6 is 0 Å². The van der Waals surface area contributed by atoms with Crippen LogP contribution in [0.4, 0.5) is 0 Å². The number of hydrogen-bond acceptors (Lipinski definition) is 3. The van der Waals surface area contributed by atoms with E-state index in [9.17, 15) is 5.11 Å². The van der Waals surface area contributed by atoms with Gasteiger partial charge in [-0.2, -0.15) is 5.26 Å². The molecule has 0 aromatic heterocycles. The number of unbranched alkanes of at least 4 members (excludes halogenated alkanes) is 1. The van der Waals surface area contributed by atoms with Gasteiger partial charge in [-0.05, 0) is 52.6 Å². The maximum Gasteiger partial charge on any atom is 0.0683 e. The highest BCUT2D eigenvalue weighted by atomic mass is 16.3. The van der Waals surface area contributed by atoms with Gasteiger partial charge in [0.25, 0.3) is 0 Å². The van der Waals surface area contributed by atoms with Crippen molar-refractivity contribution < 1.29 is 5.11 Å². The molecule has 0 spiro atoms. The second kappa shape index (κ2) is 6.22. The number of nitriles is 1. The van der Waals surface area contributed by atoms with E-state index >= 15 is 0 Å². The number of hydrogen-bond donors (Lipinski definition) is 1. The van der Waals surface area contributed by atoms with Crippen molar-refractivity contribution in [2.24, 2.45) is 5.41 Å². The molecule has 0 saturated carbocycles. The molecule has 1 heterocycles. The van der Waals surface area contributed by atoms with Gasteiger partial charge in [0.05, 0.1) is 18.1 Å². The van der Waals surface area contributed by atoms with Crippen molar-refractivity contribution in [1.82, 2.24) is 4.90 Å². The van der Waals surface area contributed by atoms with Crippen molar-refractivity contribution in [1.29, 1.82) is 5.26 Å². The van der Waals surface area contributed by atoms with Gasteiger partial charge in [-0.1, -0.05) is 6.42 Å². The van der Waals surface area contributed by atoms with Crippen molar-refractivity contribution >= 4 is 0 Å². The summed E-state index contributed by atoms with van der Waals surface area (Å²) in [4.78, 5) is 2.39. The maximum atomic E-state index is 9.18. The minimum Gasteiger partial charge on any atom is -0.395 e. The van der Waals surface area contributed by atoms with Gasteiger partial charge in [-0.15, -0.1) is 0 Å². The Kier molecular flexibility index (Phi) is 5.24. The van der Waals surface area contributed by atoms with Crippen LogP contribution in [0.3, 0.4) is 0 Å². The van der Waals surface area contributed by atoms with Crippen molar-refractivity contribution in [3.05, 3.63) is 0 Å². The van der Waals surface area contributed by atoms with E-state index in [1.807, 2.05) is 13.8 Å².